The SMILES string of the molecule is Cc1ccc(C(=O)O)cc1.O=C(O)c1ccc(COc2cc(O)cc(OCc3ccc(C(=O)O)cc3)c2)cc1. The Morgan fingerprint density at radius 1 is 0.564 bits per heavy atom. The van der Waals surface area contributed by atoms with Crippen molar-refractivity contribution >= 4 is 17.9 Å². The number of ether oxygens (including phenoxy) is 2. The Hall–Kier alpha value is -5.31. The number of aryl methyl sites for hydroxylation is 1. The van der Waals surface area contributed by atoms with Gasteiger partial charge in [-0.2, -0.15) is 0 Å². The number of phenolic OH excluding ortho intramolecular Hbond substituents is 1. The van der Waals surface area contributed by atoms with Crippen LogP contribution in [0.4, 0.5) is 0 Å². The van der Waals surface area contributed by atoms with Crippen LogP contribution in [-0.2, 0) is 13.2 Å². The second kappa shape index (κ2) is 13.3. The van der Waals surface area contributed by atoms with Crippen molar-refractivity contribution in [3.05, 3.63) is 124 Å². The summed E-state index contributed by atoms with van der Waals surface area (Å²) in [5, 5.41) is 36.2. The van der Waals surface area contributed by atoms with Crippen LogP contribution >= 0.6 is 0 Å². The molecule has 0 atom stereocenters. The highest BCUT2D eigenvalue weighted by atomic mass is 16.5. The summed E-state index contributed by atoms with van der Waals surface area (Å²) < 4.78 is 11.3. The number of aromatic carboxylic acids is 3. The first kappa shape index (κ1) is 28.3. The molecule has 0 saturated heterocycles. The van der Waals surface area contributed by atoms with Gasteiger partial charge in [-0.05, 0) is 54.4 Å². The molecule has 0 aromatic heterocycles. The summed E-state index contributed by atoms with van der Waals surface area (Å²) in [6.45, 7) is 2.31. The molecule has 0 aliphatic carbocycles. The average Bonchev–Trinajstić information content (AvgIpc) is 2.91. The lowest BCUT2D eigenvalue weighted by atomic mass is 10.1. The van der Waals surface area contributed by atoms with E-state index in [1.54, 1.807) is 54.6 Å². The highest BCUT2D eigenvalue weighted by Crippen LogP contribution is 2.28. The van der Waals surface area contributed by atoms with Crippen LogP contribution < -0.4 is 9.47 Å². The Bertz CT molecular complexity index is 1350. The average molecular weight is 531 g/mol. The van der Waals surface area contributed by atoms with Gasteiger partial charge in [0, 0.05) is 18.2 Å². The third-order valence-electron chi connectivity index (χ3n) is 5.38. The second-order valence-corrected chi connectivity index (χ2v) is 8.42. The molecule has 0 aliphatic heterocycles. The molecule has 200 valence electrons. The number of rotatable bonds is 9. The van der Waals surface area contributed by atoms with Gasteiger partial charge >= 0.3 is 17.9 Å². The van der Waals surface area contributed by atoms with Crippen LogP contribution in [0.2, 0.25) is 0 Å². The summed E-state index contributed by atoms with van der Waals surface area (Å²) in [4.78, 5) is 32.1. The Morgan fingerprint density at radius 2 is 0.897 bits per heavy atom. The van der Waals surface area contributed by atoms with Gasteiger partial charge in [0.1, 0.15) is 30.5 Å². The van der Waals surface area contributed by atoms with E-state index in [4.69, 9.17) is 24.8 Å². The van der Waals surface area contributed by atoms with Crippen molar-refractivity contribution in [2.75, 3.05) is 0 Å². The molecule has 0 radical (unpaired) electrons. The van der Waals surface area contributed by atoms with Crippen molar-refractivity contribution in [3.8, 4) is 17.2 Å². The maximum absolute atomic E-state index is 10.9. The maximum Gasteiger partial charge on any atom is 0.335 e. The number of benzene rings is 4. The third-order valence-corrected chi connectivity index (χ3v) is 5.38. The monoisotopic (exact) mass is 530 g/mol. The largest absolute Gasteiger partial charge is 0.508 e. The first-order chi connectivity index (χ1) is 18.6. The fourth-order valence-electron chi connectivity index (χ4n) is 3.24. The van der Waals surface area contributed by atoms with Gasteiger partial charge in [0.05, 0.1) is 16.7 Å². The molecule has 4 aromatic carbocycles. The molecule has 0 heterocycles. The zero-order chi connectivity index (χ0) is 28.4. The number of hydrogen-bond donors (Lipinski definition) is 4. The summed E-state index contributed by atoms with van der Waals surface area (Å²) in [5.41, 5.74) is 3.35. The van der Waals surface area contributed by atoms with E-state index in [1.165, 1.54) is 36.4 Å². The van der Waals surface area contributed by atoms with E-state index in [0.29, 0.717) is 17.1 Å². The van der Waals surface area contributed by atoms with Crippen molar-refractivity contribution in [1.29, 1.82) is 0 Å². The fourth-order valence-corrected chi connectivity index (χ4v) is 3.24. The van der Waals surface area contributed by atoms with Crippen LogP contribution in [0.5, 0.6) is 17.2 Å². The van der Waals surface area contributed by atoms with Gasteiger partial charge in [0.25, 0.3) is 0 Å². The maximum atomic E-state index is 10.9. The van der Waals surface area contributed by atoms with Gasteiger partial charge in [0.2, 0.25) is 0 Å². The summed E-state index contributed by atoms with van der Waals surface area (Å²) in [6, 6.07) is 23.9. The van der Waals surface area contributed by atoms with Crippen molar-refractivity contribution in [1.82, 2.24) is 0 Å². The molecular formula is C30H26O9. The highest BCUT2D eigenvalue weighted by Gasteiger charge is 2.07. The van der Waals surface area contributed by atoms with E-state index < -0.39 is 17.9 Å². The predicted octanol–water partition coefficient (Wildman–Crippen LogP) is 5.64. The van der Waals surface area contributed by atoms with Crippen molar-refractivity contribution in [2.24, 2.45) is 0 Å². The molecule has 0 saturated carbocycles. The number of carboxylic acid groups (broad SMARTS) is 3. The molecule has 0 fully saturated rings. The lowest BCUT2D eigenvalue weighted by Crippen LogP contribution is -2.00. The van der Waals surface area contributed by atoms with Gasteiger partial charge in [-0.25, -0.2) is 14.4 Å². The summed E-state index contributed by atoms with van der Waals surface area (Å²) in [6.07, 6.45) is 0. The number of hydrogen-bond acceptors (Lipinski definition) is 6. The zero-order valence-electron chi connectivity index (χ0n) is 20.9. The first-order valence-corrected chi connectivity index (χ1v) is 11.6. The Labute approximate surface area is 224 Å². The number of phenols is 1. The van der Waals surface area contributed by atoms with Gasteiger partial charge in [0.15, 0.2) is 0 Å². The van der Waals surface area contributed by atoms with Crippen LogP contribution in [0, 0.1) is 6.92 Å². The molecule has 39 heavy (non-hydrogen) atoms. The van der Waals surface area contributed by atoms with E-state index in [-0.39, 0.29) is 30.1 Å². The molecule has 4 rings (SSSR count). The fraction of sp³-hybridized carbons (Fsp3) is 0.100. The normalized spacial score (nSPS) is 10.1. The zero-order valence-corrected chi connectivity index (χ0v) is 20.9. The Balaban J connectivity index is 0.000000353. The number of aromatic hydroxyl groups is 1. The summed E-state index contributed by atoms with van der Waals surface area (Å²) in [5.74, 6) is -2.11. The quantitative estimate of drug-likeness (QED) is 0.215. The van der Waals surface area contributed by atoms with Crippen molar-refractivity contribution in [2.45, 2.75) is 20.1 Å². The van der Waals surface area contributed by atoms with Gasteiger partial charge in [-0.3, -0.25) is 0 Å². The molecule has 0 amide bonds. The topological polar surface area (TPSA) is 151 Å². The van der Waals surface area contributed by atoms with Crippen LogP contribution in [0.1, 0.15) is 47.8 Å². The molecule has 0 unspecified atom stereocenters. The minimum absolute atomic E-state index is 0.0278. The van der Waals surface area contributed by atoms with E-state index in [0.717, 1.165) is 16.7 Å². The lowest BCUT2D eigenvalue weighted by molar-refractivity contribution is 0.0686. The summed E-state index contributed by atoms with van der Waals surface area (Å²) >= 11 is 0. The number of carbonyl (C=O) groups is 3. The van der Waals surface area contributed by atoms with Crippen LogP contribution in [0.3, 0.4) is 0 Å². The van der Waals surface area contributed by atoms with Crippen molar-refractivity contribution in [3.63, 3.8) is 0 Å². The van der Waals surface area contributed by atoms with E-state index >= 15 is 0 Å². The van der Waals surface area contributed by atoms with Gasteiger partial charge in [-0.15, -0.1) is 0 Å². The standard InChI is InChI=1S/C22H18O7.C8H8O2/c23-18-9-19(28-12-14-1-5-16(6-2-14)21(24)25)11-20(10-18)29-13-15-3-7-17(8-4-15)22(26)27;1-6-2-4-7(5-3-6)8(9)10/h1-11,23H,12-13H2,(H,24,25)(H,26,27);2-5H,1H3,(H,9,10). The predicted molar refractivity (Wildman–Crippen MR) is 142 cm³/mol. The number of carboxylic acids is 3. The van der Waals surface area contributed by atoms with E-state index in [1.807, 2.05) is 6.92 Å². The van der Waals surface area contributed by atoms with Crippen LogP contribution in [0.25, 0.3) is 0 Å². The lowest BCUT2D eigenvalue weighted by Gasteiger charge is -2.11. The Kier molecular flexibility index (Phi) is 9.64. The molecule has 0 bridgehead atoms. The molecule has 4 aromatic rings. The van der Waals surface area contributed by atoms with Gasteiger partial charge < -0.3 is 29.9 Å². The molecule has 0 spiro atoms. The Morgan fingerprint density at radius 3 is 1.23 bits per heavy atom. The summed E-state index contributed by atoms with van der Waals surface area (Å²) in [7, 11) is 0. The van der Waals surface area contributed by atoms with Crippen LogP contribution in [0.15, 0.2) is 91.0 Å². The molecule has 9 heteroatoms. The van der Waals surface area contributed by atoms with E-state index in [2.05, 4.69) is 0 Å². The van der Waals surface area contributed by atoms with Crippen molar-refractivity contribution < 1.29 is 44.3 Å². The molecule has 9 nitrogen and oxygen atoms in total. The third kappa shape index (κ3) is 8.94. The minimum Gasteiger partial charge on any atom is -0.508 e. The van der Waals surface area contributed by atoms with Gasteiger partial charge in [-0.1, -0.05) is 42.0 Å². The van der Waals surface area contributed by atoms with Crippen LogP contribution in [-0.4, -0.2) is 38.3 Å². The molecular weight excluding hydrogens is 504 g/mol. The second-order valence-electron chi connectivity index (χ2n) is 8.42. The smallest absolute Gasteiger partial charge is 0.335 e. The molecule has 0 aliphatic rings. The first-order valence-electron chi connectivity index (χ1n) is 11.6. The molecule has 4 N–H and O–H groups in total. The minimum atomic E-state index is -0.996. The van der Waals surface area contributed by atoms with E-state index in [9.17, 15) is 19.5 Å². The highest BCUT2D eigenvalue weighted by molar-refractivity contribution is 5.88.